The minimum absolute atomic E-state index is 0. The van der Waals surface area contributed by atoms with Crippen molar-refractivity contribution in [2.75, 3.05) is 35.5 Å². The van der Waals surface area contributed by atoms with Gasteiger partial charge in [-0.05, 0) is 150 Å². The Morgan fingerprint density at radius 1 is 0.265 bits per heavy atom. The smallest absolute Gasteiger partial charge is 0.311 e. The third-order valence-electron chi connectivity index (χ3n) is 19.0. The van der Waals surface area contributed by atoms with Crippen molar-refractivity contribution in [1.82, 2.24) is 0 Å². The number of carboxylic acids is 1. The SMILES string of the molecule is C.COC(=O)CCCCCCCCC(=O)Oc1c(C)c(CC=C(C)C)c(OC(=O)CCCCCCCCC(=O)O)c(CO)c1CO.COC(=O)CCCCCCCCC(=O)Oc1c(C)c(CC=C(C)C)c(OC)c(CO)c1CO.COC(=O)CCCCCCCCC(=O)Oc1c(CC=C(C)C)c(C)c(OC)c(CO)c1CO.[Y]. The zero-order valence-electron chi connectivity index (χ0n) is 69.9. The zero-order valence-corrected chi connectivity index (χ0v) is 72.7. The van der Waals surface area contributed by atoms with E-state index in [9.17, 15) is 69.0 Å². The van der Waals surface area contributed by atoms with Crippen LogP contribution in [0.25, 0.3) is 0 Å². The number of carbonyl (C=O) groups is 8. The van der Waals surface area contributed by atoms with Crippen LogP contribution in [0.2, 0.25) is 0 Å². The Balaban J connectivity index is 0. The van der Waals surface area contributed by atoms with Crippen LogP contribution in [-0.4, -0.2) is 119 Å². The first-order valence-corrected chi connectivity index (χ1v) is 39.5. The molecule has 0 atom stereocenters. The van der Waals surface area contributed by atoms with Gasteiger partial charge in [0.25, 0.3) is 0 Å². The van der Waals surface area contributed by atoms with Gasteiger partial charge < -0.3 is 78.4 Å². The Morgan fingerprint density at radius 3 is 0.673 bits per heavy atom. The molecule has 3 rings (SSSR count). The number of allylic oxidation sites excluding steroid dienone is 6. The summed E-state index contributed by atoms with van der Waals surface area (Å²) in [7, 11) is 7.23. The van der Waals surface area contributed by atoms with Crippen LogP contribution in [0.1, 0.15) is 321 Å². The number of esters is 7. The number of hydrogen-bond acceptors (Lipinski definition) is 23. The van der Waals surface area contributed by atoms with E-state index in [1.54, 1.807) is 6.92 Å². The summed E-state index contributed by atoms with van der Waals surface area (Å²) >= 11 is 0. The van der Waals surface area contributed by atoms with Crippen molar-refractivity contribution in [3.63, 3.8) is 0 Å². The van der Waals surface area contributed by atoms with Crippen LogP contribution >= 0.6 is 0 Å². The van der Waals surface area contributed by atoms with E-state index >= 15 is 0 Å². The predicted molar refractivity (Wildman–Crippen MR) is 432 cm³/mol. The van der Waals surface area contributed by atoms with E-state index in [0.717, 1.165) is 161 Å². The van der Waals surface area contributed by atoms with Gasteiger partial charge in [-0.2, -0.15) is 0 Å². The number of aliphatic hydroxyl groups is 6. The molecule has 1 radical (unpaired) electrons. The Bertz CT molecular complexity index is 3440. The van der Waals surface area contributed by atoms with E-state index in [4.69, 9.17) is 33.5 Å². The maximum absolute atomic E-state index is 12.9. The minimum Gasteiger partial charge on any atom is -0.496 e. The third-order valence-corrected chi connectivity index (χ3v) is 19.0. The first-order chi connectivity index (χ1) is 53.1. The van der Waals surface area contributed by atoms with E-state index < -0.39 is 31.1 Å². The molecule has 24 nitrogen and oxygen atoms in total. The number of hydrogen-bond donors (Lipinski definition) is 7. The fourth-order valence-corrected chi connectivity index (χ4v) is 12.6. The molecule has 0 saturated carbocycles. The second-order valence-electron chi connectivity index (χ2n) is 28.5. The molecule has 0 spiro atoms. The topological polar surface area (TPSA) is 361 Å². The number of aliphatic carboxylic acids is 1. The molecular formula is C88H138O24Y. The first kappa shape index (κ1) is 108. The Labute approximate surface area is 698 Å². The van der Waals surface area contributed by atoms with Crippen LogP contribution in [0, 0.1) is 20.8 Å². The summed E-state index contributed by atoms with van der Waals surface area (Å²) in [4.78, 5) is 94.9. The molecule has 0 unspecified atom stereocenters. The Kier molecular flexibility index (Phi) is 61.5. The molecule has 637 valence electrons. The van der Waals surface area contributed by atoms with Crippen molar-refractivity contribution in [1.29, 1.82) is 0 Å². The van der Waals surface area contributed by atoms with Gasteiger partial charge in [0.15, 0.2) is 0 Å². The molecule has 0 bridgehead atoms. The largest absolute Gasteiger partial charge is 0.496 e. The number of carboxylic acid groups (broad SMARTS) is 1. The summed E-state index contributed by atoms with van der Waals surface area (Å²) in [6.45, 7) is 14.9. The number of unbranched alkanes of at least 4 members (excludes halogenated alkanes) is 20. The quantitative estimate of drug-likeness (QED) is 0.00907. The molecule has 25 heteroatoms. The van der Waals surface area contributed by atoms with Gasteiger partial charge in [0.1, 0.15) is 34.5 Å². The average Bonchev–Trinajstić information content (AvgIpc) is 0.789. The molecule has 113 heavy (non-hydrogen) atoms. The second-order valence-corrected chi connectivity index (χ2v) is 28.5. The van der Waals surface area contributed by atoms with E-state index in [1.807, 2.05) is 73.6 Å². The van der Waals surface area contributed by atoms with Gasteiger partial charge in [-0.1, -0.05) is 145 Å². The van der Waals surface area contributed by atoms with Gasteiger partial charge in [0.05, 0.1) is 75.2 Å². The Morgan fingerprint density at radius 2 is 0.451 bits per heavy atom. The van der Waals surface area contributed by atoms with E-state index in [2.05, 4.69) is 14.2 Å². The molecule has 0 heterocycles. The van der Waals surface area contributed by atoms with E-state index in [1.165, 1.54) is 35.5 Å². The normalized spacial score (nSPS) is 10.5. The van der Waals surface area contributed by atoms with Crippen molar-refractivity contribution in [2.24, 2.45) is 0 Å². The summed E-state index contributed by atoms with van der Waals surface area (Å²) in [5.74, 6) is -0.918. The van der Waals surface area contributed by atoms with Crippen molar-refractivity contribution >= 4 is 47.8 Å². The fourth-order valence-electron chi connectivity index (χ4n) is 12.6. The van der Waals surface area contributed by atoms with Gasteiger partial charge in [-0.25, -0.2) is 0 Å². The molecule has 7 N–H and O–H groups in total. The van der Waals surface area contributed by atoms with Crippen LogP contribution in [0.5, 0.6) is 34.5 Å². The second kappa shape index (κ2) is 64.3. The summed E-state index contributed by atoms with van der Waals surface area (Å²) in [5, 5.41) is 69.2. The Hall–Kier alpha value is -6.90. The number of ether oxygens (including phenoxy) is 9. The molecule has 0 aliphatic heterocycles. The van der Waals surface area contributed by atoms with E-state index in [-0.39, 0.29) is 151 Å². The molecule has 0 aliphatic carbocycles. The van der Waals surface area contributed by atoms with Crippen molar-refractivity contribution in [3.05, 3.63) is 102 Å². The van der Waals surface area contributed by atoms with Gasteiger partial charge >= 0.3 is 47.8 Å². The van der Waals surface area contributed by atoms with Gasteiger partial charge in [0.2, 0.25) is 0 Å². The van der Waals surface area contributed by atoms with Crippen LogP contribution in [0.4, 0.5) is 0 Å². The standard InChI is InChI=1S/C35H54O10.2C26H40O7.CH4.Y/c1-25(2)21-22-27-26(3)34(44-32(41)19-15-12-8-7-10-14-18-31(40)43-4)28(23-36)29(24-37)35(27)45-33(42)20-16-11-6-5-9-13-17-30(38)39;1-18(2)14-15-20-19(3)25(21(16-27)22(17-28)26(20)32-5)33-24(30)13-11-9-7-6-8-10-12-23(29)31-4;1-18(2)14-15-20-19(3)25(32-5)21(16-27)22(17-28)26(20)33-24(30)13-11-9-7-6-8-10-12-23(29)31-4;;/h21,36-37H,5-20,22-24H2,1-4H3,(H,38,39);2*14,27-28H,6-13,15-17H2,1-5H3;1H4;. The van der Waals surface area contributed by atoms with Crippen LogP contribution in [0.15, 0.2) is 34.9 Å². The van der Waals surface area contributed by atoms with Crippen LogP contribution in [-0.2, 0) is 144 Å². The van der Waals surface area contributed by atoms with Gasteiger partial charge in [-0.15, -0.1) is 0 Å². The molecule has 0 fully saturated rings. The summed E-state index contributed by atoms with van der Waals surface area (Å²) < 4.78 is 48.0. The predicted octanol–water partition coefficient (Wildman–Crippen LogP) is 16.8. The van der Waals surface area contributed by atoms with Crippen LogP contribution in [0.3, 0.4) is 0 Å². The summed E-state index contributed by atoms with van der Waals surface area (Å²) in [6.07, 6.45) is 30.4. The van der Waals surface area contributed by atoms with Gasteiger partial charge in [0, 0.05) is 134 Å². The third kappa shape index (κ3) is 42.5. The molecule has 0 aromatic heterocycles. The monoisotopic (exact) mass is 1670 g/mol. The fraction of sp³-hybridized carbons (Fsp3) is 0.636. The molecule has 0 amide bonds. The van der Waals surface area contributed by atoms with Crippen LogP contribution < -0.4 is 28.4 Å². The number of carbonyl (C=O) groups excluding carboxylic acids is 7. The van der Waals surface area contributed by atoms with Crippen molar-refractivity contribution in [2.45, 2.75) is 334 Å². The molecule has 3 aromatic rings. The first-order valence-electron chi connectivity index (χ1n) is 39.5. The maximum Gasteiger partial charge on any atom is 0.311 e. The number of methoxy groups -OCH3 is 5. The number of rotatable bonds is 54. The number of benzene rings is 3. The summed E-state index contributed by atoms with van der Waals surface area (Å²) in [6, 6.07) is 0. The molecule has 0 aliphatic rings. The number of aliphatic hydroxyl groups excluding tert-OH is 6. The van der Waals surface area contributed by atoms with Crippen molar-refractivity contribution in [3.8, 4) is 34.5 Å². The molecular weight excluding hydrogens is 1530 g/mol. The zero-order chi connectivity index (χ0) is 83.2. The molecule has 0 saturated heterocycles. The van der Waals surface area contributed by atoms with Gasteiger partial charge in [-0.3, -0.25) is 38.4 Å². The minimum atomic E-state index is -0.789. The van der Waals surface area contributed by atoms with E-state index in [0.29, 0.717) is 127 Å². The molecule has 3 aromatic carbocycles. The van der Waals surface area contributed by atoms with Crippen molar-refractivity contribution < 1.29 is 149 Å². The summed E-state index contributed by atoms with van der Waals surface area (Å²) in [5.41, 5.74) is 9.67. The average molecular weight is 1670 g/mol. The maximum atomic E-state index is 12.9.